The van der Waals surface area contributed by atoms with E-state index in [2.05, 4.69) is 111 Å². The number of benzene rings is 4. The maximum absolute atomic E-state index is 13.1. The van der Waals surface area contributed by atoms with Crippen LogP contribution in [0.4, 0.5) is 0 Å². The van der Waals surface area contributed by atoms with Gasteiger partial charge in [0.05, 0.1) is 0 Å². The second kappa shape index (κ2) is 13.3. The molecule has 0 saturated carbocycles. The van der Waals surface area contributed by atoms with Crippen molar-refractivity contribution in [3.05, 3.63) is 143 Å². The van der Waals surface area contributed by atoms with Crippen LogP contribution in [0.15, 0.2) is 109 Å². The fraction of sp³-hybridized carbons (Fsp3) is 0.286. The Balaban J connectivity index is 1.28. The number of ketones is 1. The summed E-state index contributed by atoms with van der Waals surface area (Å²) >= 11 is 0. The van der Waals surface area contributed by atoms with E-state index in [1.165, 1.54) is 22.3 Å². The fourth-order valence-electron chi connectivity index (χ4n) is 5.11. The predicted octanol–water partition coefficient (Wildman–Crippen LogP) is 7.48. The Morgan fingerprint density at radius 1 is 0.526 bits per heavy atom. The van der Waals surface area contributed by atoms with E-state index in [1.807, 2.05) is 36.4 Å². The molecule has 0 radical (unpaired) electrons. The van der Waals surface area contributed by atoms with E-state index < -0.39 is 0 Å². The van der Waals surface area contributed by atoms with Gasteiger partial charge in [0.2, 0.25) is 0 Å². The van der Waals surface area contributed by atoms with Crippen molar-refractivity contribution in [3.63, 3.8) is 0 Å². The summed E-state index contributed by atoms with van der Waals surface area (Å²) in [5.74, 6) is 0.0656. The molecule has 4 rings (SSSR count). The van der Waals surface area contributed by atoms with Gasteiger partial charge in [-0.05, 0) is 62.8 Å². The third kappa shape index (κ3) is 7.74. The molecule has 0 amide bonds. The zero-order chi connectivity index (χ0) is 26.9. The maximum atomic E-state index is 13.1. The largest absolute Gasteiger partial charge is 0.307 e. The van der Waals surface area contributed by atoms with Crippen LogP contribution in [-0.4, -0.2) is 17.9 Å². The van der Waals surface area contributed by atoms with Crippen molar-refractivity contribution >= 4 is 5.78 Å². The van der Waals surface area contributed by atoms with E-state index in [-0.39, 0.29) is 5.78 Å². The van der Waals surface area contributed by atoms with Crippen LogP contribution in [0.5, 0.6) is 0 Å². The van der Waals surface area contributed by atoms with Gasteiger partial charge in [-0.3, -0.25) is 4.79 Å². The van der Waals surface area contributed by atoms with Crippen LogP contribution in [0.25, 0.3) is 0 Å². The molecule has 4 atom stereocenters. The Hall–Kier alpha value is -3.53. The van der Waals surface area contributed by atoms with Crippen LogP contribution in [0, 0.1) is 0 Å². The van der Waals surface area contributed by atoms with Gasteiger partial charge in [-0.15, -0.1) is 0 Å². The molecule has 196 valence electrons. The van der Waals surface area contributed by atoms with Gasteiger partial charge >= 0.3 is 0 Å². The fourth-order valence-corrected chi connectivity index (χ4v) is 5.11. The summed E-state index contributed by atoms with van der Waals surface area (Å²) in [5, 5.41) is 7.35. The molecule has 0 aliphatic rings. The van der Waals surface area contributed by atoms with Gasteiger partial charge in [-0.2, -0.15) is 0 Å². The Morgan fingerprint density at radius 2 is 0.868 bits per heavy atom. The molecule has 0 aromatic heterocycles. The van der Waals surface area contributed by atoms with Crippen LogP contribution in [0.1, 0.15) is 78.0 Å². The highest BCUT2D eigenvalue weighted by atomic mass is 16.1. The van der Waals surface area contributed by atoms with E-state index in [0.29, 0.717) is 24.2 Å². The molecule has 2 N–H and O–H groups in total. The minimum Gasteiger partial charge on any atom is -0.307 e. The lowest BCUT2D eigenvalue weighted by Gasteiger charge is -2.20. The lowest BCUT2D eigenvalue weighted by Crippen LogP contribution is -2.30. The monoisotopic (exact) mass is 504 g/mol. The van der Waals surface area contributed by atoms with Gasteiger partial charge in [0.25, 0.3) is 0 Å². The van der Waals surface area contributed by atoms with E-state index in [0.717, 1.165) is 24.0 Å². The molecule has 0 heterocycles. The molecule has 4 aromatic carbocycles. The van der Waals surface area contributed by atoms with E-state index in [1.54, 1.807) is 0 Å². The lowest BCUT2D eigenvalue weighted by atomic mass is 9.97. The van der Waals surface area contributed by atoms with E-state index >= 15 is 0 Å². The number of hydrogen-bond donors (Lipinski definition) is 2. The topological polar surface area (TPSA) is 41.1 Å². The van der Waals surface area contributed by atoms with Gasteiger partial charge in [-0.25, -0.2) is 0 Å². The average molecular weight is 505 g/mol. The van der Waals surface area contributed by atoms with Crippen molar-refractivity contribution in [1.29, 1.82) is 0 Å². The third-order valence-corrected chi connectivity index (χ3v) is 7.18. The third-order valence-electron chi connectivity index (χ3n) is 7.18. The molecule has 4 aromatic rings. The molecule has 0 fully saturated rings. The Bertz CT molecular complexity index is 1170. The molecule has 0 aliphatic heterocycles. The zero-order valence-electron chi connectivity index (χ0n) is 23.0. The number of carbonyl (C=O) groups excluding carboxylic acids is 1. The first-order valence-corrected chi connectivity index (χ1v) is 13.7. The van der Waals surface area contributed by atoms with Crippen LogP contribution >= 0.6 is 0 Å². The molecule has 38 heavy (non-hydrogen) atoms. The summed E-state index contributed by atoms with van der Waals surface area (Å²) in [6, 6.07) is 38.4. The van der Waals surface area contributed by atoms with Gasteiger partial charge < -0.3 is 10.6 Å². The molecule has 3 nitrogen and oxygen atoms in total. The molecule has 0 spiro atoms. The van der Waals surface area contributed by atoms with Crippen molar-refractivity contribution in [2.75, 3.05) is 0 Å². The normalized spacial score (nSPS) is 14.4. The first-order chi connectivity index (χ1) is 18.4. The van der Waals surface area contributed by atoms with E-state index in [9.17, 15) is 4.79 Å². The standard InChI is InChI=1S/C35H40N2O/c1-25(36-27(3)31-11-7-5-8-12-31)23-29-15-19-33(20-16-29)35(38)34-21-17-30(18-22-34)24-26(2)37-28(4)32-13-9-6-10-14-32/h5-22,25-28,36-37H,23-24H2,1-4H3. The summed E-state index contributed by atoms with van der Waals surface area (Å²) in [4.78, 5) is 13.1. The number of rotatable bonds is 12. The highest BCUT2D eigenvalue weighted by Gasteiger charge is 2.13. The highest BCUT2D eigenvalue weighted by molar-refractivity contribution is 6.09. The second-order valence-corrected chi connectivity index (χ2v) is 10.5. The summed E-state index contributed by atoms with van der Waals surface area (Å²) in [6.45, 7) is 8.81. The number of carbonyl (C=O) groups is 1. The second-order valence-electron chi connectivity index (χ2n) is 10.5. The Kier molecular flexibility index (Phi) is 9.64. The molecule has 0 bridgehead atoms. The minimum atomic E-state index is 0.0656. The summed E-state index contributed by atoms with van der Waals surface area (Å²) in [7, 11) is 0. The maximum Gasteiger partial charge on any atom is 0.193 e. The van der Waals surface area contributed by atoms with Gasteiger partial charge in [-0.1, -0.05) is 109 Å². The summed E-state index contributed by atoms with van der Waals surface area (Å²) in [6.07, 6.45) is 1.82. The first-order valence-electron chi connectivity index (χ1n) is 13.7. The molecule has 0 saturated heterocycles. The van der Waals surface area contributed by atoms with Gasteiger partial charge in [0, 0.05) is 35.3 Å². The van der Waals surface area contributed by atoms with Crippen molar-refractivity contribution in [1.82, 2.24) is 10.6 Å². The quantitative estimate of drug-likeness (QED) is 0.197. The highest BCUT2D eigenvalue weighted by Crippen LogP contribution is 2.17. The molecule has 3 heteroatoms. The van der Waals surface area contributed by atoms with Crippen molar-refractivity contribution in [2.24, 2.45) is 0 Å². The van der Waals surface area contributed by atoms with Crippen molar-refractivity contribution in [3.8, 4) is 0 Å². The zero-order valence-corrected chi connectivity index (χ0v) is 23.0. The van der Waals surface area contributed by atoms with Crippen molar-refractivity contribution < 1.29 is 4.79 Å². The Labute approximate surface area is 228 Å². The molecular weight excluding hydrogens is 464 g/mol. The van der Waals surface area contributed by atoms with Crippen LogP contribution in [0.2, 0.25) is 0 Å². The molecular formula is C35H40N2O. The minimum absolute atomic E-state index is 0.0656. The molecule has 4 unspecified atom stereocenters. The predicted molar refractivity (Wildman–Crippen MR) is 159 cm³/mol. The first kappa shape index (κ1) is 27.5. The smallest absolute Gasteiger partial charge is 0.193 e. The van der Waals surface area contributed by atoms with E-state index in [4.69, 9.17) is 0 Å². The summed E-state index contributed by atoms with van der Waals surface area (Å²) < 4.78 is 0. The lowest BCUT2D eigenvalue weighted by molar-refractivity contribution is 0.103. The molecule has 0 aliphatic carbocycles. The van der Waals surface area contributed by atoms with Gasteiger partial charge in [0.1, 0.15) is 0 Å². The van der Waals surface area contributed by atoms with Gasteiger partial charge in [0.15, 0.2) is 5.78 Å². The van der Waals surface area contributed by atoms with Crippen LogP contribution in [0.3, 0.4) is 0 Å². The number of hydrogen-bond acceptors (Lipinski definition) is 3. The summed E-state index contributed by atoms with van der Waals surface area (Å²) in [5.41, 5.74) is 6.49. The van der Waals surface area contributed by atoms with Crippen LogP contribution in [-0.2, 0) is 12.8 Å². The Morgan fingerprint density at radius 3 is 1.21 bits per heavy atom. The van der Waals surface area contributed by atoms with Crippen LogP contribution < -0.4 is 10.6 Å². The number of nitrogens with one attached hydrogen (secondary N) is 2. The average Bonchev–Trinajstić information content (AvgIpc) is 2.94. The van der Waals surface area contributed by atoms with Crippen molar-refractivity contribution in [2.45, 2.75) is 64.7 Å². The SMILES string of the molecule is CC(Cc1ccc(C(=O)c2ccc(CC(C)NC(C)c3ccccc3)cc2)cc1)NC(C)c1ccccc1.